The Bertz CT molecular complexity index is 997. The van der Waals surface area contributed by atoms with E-state index in [0.717, 1.165) is 43.5 Å². The lowest BCUT2D eigenvalue weighted by molar-refractivity contribution is -0.118. The molecule has 1 aliphatic rings. The standard InChI is InChI=1S/C27H30N4O/c28-20-22-16-18-24(19-17-22)30-27-23(21-29)12-8-5-3-1-2-4-6-11-15-26(32)31(27)25-13-9-7-10-14-25/h7,9-10,13-14,16-19,30H,1-6,8,11-12,15H2/b27-23+. The average Bonchev–Trinajstić information content (AvgIpc) is 2.83. The molecule has 32 heavy (non-hydrogen) atoms. The van der Waals surface area contributed by atoms with Crippen molar-refractivity contribution in [2.75, 3.05) is 10.2 Å². The zero-order valence-corrected chi connectivity index (χ0v) is 18.5. The van der Waals surface area contributed by atoms with Crippen LogP contribution in [-0.2, 0) is 4.79 Å². The van der Waals surface area contributed by atoms with Crippen LogP contribution in [0.2, 0.25) is 0 Å². The van der Waals surface area contributed by atoms with E-state index in [-0.39, 0.29) is 5.91 Å². The van der Waals surface area contributed by atoms with Crippen LogP contribution in [0.5, 0.6) is 0 Å². The molecule has 1 amide bonds. The molecule has 2 aromatic rings. The Labute approximate surface area is 191 Å². The normalized spacial score (nSPS) is 18.8. The van der Waals surface area contributed by atoms with Gasteiger partial charge in [0.1, 0.15) is 5.82 Å². The molecule has 5 nitrogen and oxygen atoms in total. The van der Waals surface area contributed by atoms with Gasteiger partial charge >= 0.3 is 0 Å². The van der Waals surface area contributed by atoms with Crippen molar-refractivity contribution in [1.29, 1.82) is 10.5 Å². The van der Waals surface area contributed by atoms with Crippen LogP contribution in [0.15, 0.2) is 66.0 Å². The van der Waals surface area contributed by atoms with Gasteiger partial charge in [0.15, 0.2) is 0 Å². The molecule has 1 aliphatic heterocycles. The van der Waals surface area contributed by atoms with E-state index in [9.17, 15) is 10.1 Å². The van der Waals surface area contributed by atoms with Gasteiger partial charge in [-0.3, -0.25) is 9.69 Å². The summed E-state index contributed by atoms with van der Waals surface area (Å²) in [6, 6.07) is 21.1. The minimum absolute atomic E-state index is 0.0165. The van der Waals surface area contributed by atoms with E-state index in [1.165, 1.54) is 19.3 Å². The summed E-state index contributed by atoms with van der Waals surface area (Å²) in [5, 5.41) is 22.5. The highest BCUT2D eigenvalue weighted by atomic mass is 16.2. The SMILES string of the molecule is N#C/C1=C(\Nc2ccc(C#N)cc2)N(c2ccccc2)C(=O)CCCCCCCCCC1. The van der Waals surface area contributed by atoms with Crippen molar-refractivity contribution in [3.63, 3.8) is 0 Å². The molecule has 0 radical (unpaired) electrons. The van der Waals surface area contributed by atoms with E-state index in [0.29, 0.717) is 29.8 Å². The Hall–Kier alpha value is -3.57. The Kier molecular flexibility index (Phi) is 8.90. The van der Waals surface area contributed by atoms with Crippen LogP contribution in [0.3, 0.4) is 0 Å². The fraction of sp³-hybridized carbons (Fsp3) is 0.370. The van der Waals surface area contributed by atoms with Crippen LogP contribution in [0.1, 0.15) is 69.8 Å². The highest BCUT2D eigenvalue weighted by Gasteiger charge is 2.24. The third kappa shape index (κ3) is 6.46. The van der Waals surface area contributed by atoms with Crippen LogP contribution in [0, 0.1) is 22.7 Å². The highest BCUT2D eigenvalue weighted by Crippen LogP contribution is 2.27. The lowest BCUT2D eigenvalue weighted by atomic mass is 10.0. The predicted molar refractivity (Wildman–Crippen MR) is 128 cm³/mol. The third-order valence-electron chi connectivity index (χ3n) is 5.75. The molecule has 2 aromatic carbocycles. The Morgan fingerprint density at radius 2 is 1.31 bits per heavy atom. The van der Waals surface area contributed by atoms with E-state index in [1.54, 1.807) is 29.2 Å². The summed E-state index contributed by atoms with van der Waals surface area (Å²) in [4.78, 5) is 15.1. The summed E-state index contributed by atoms with van der Waals surface area (Å²) < 4.78 is 0. The maximum atomic E-state index is 13.4. The number of nitrogens with one attached hydrogen (secondary N) is 1. The summed E-state index contributed by atoms with van der Waals surface area (Å²) >= 11 is 0. The number of hydrogen-bond acceptors (Lipinski definition) is 4. The molecule has 0 fully saturated rings. The van der Waals surface area contributed by atoms with Gasteiger partial charge in [-0.25, -0.2) is 0 Å². The molecule has 5 heteroatoms. The first-order valence-electron chi connectivity index (χ1n) is 11.5. The lowest BCUT2D eigenvalue weighted by Crippen LogP contribution is -2.34. The van der Waals surface area contributed by atoms with Gasteiger partial charge in [0.25, 0.3) is 0 Å². The van der Waals surface area contributed by atoms with Crippen molar-refractivity contribution >= 4 is 17.3 Å². The van der Waals surface area contributed by atoms with E-state index in [1.807, 2.05) is 30.3 Å². The molecular formula is C27H30N4O. The molecule has 0 aliphatic carbocycles. The van der Waals surface area contributed by atoms with Crippen molar-refractivity contribution in [2.24, 2.45) is 0 Å². The number of carbonyl (C=O) groups excluding carboxylic acids is 1. The maximum absolute atomic E-state index is 13.4. The van der Waals surface area contributed by atoms with E-state index in [4.69, 9.17) is 5.26 Å². The van der Waals surface area contributed by atoms with Gasteiger partial charge in [0.2, 0.25) is 5.91 Å². The quantitative estimate of drug-likeness (QED) is 0.595. The van der Waals surface area contributed by atoms with Crippen LogP contribution in [-0.4, -0.2) is 5.91 Å². The summed E-state index contributed by atoms with van der Waals surface area (Å²) in [5.41, 5.74) is 2.62. The molecule has 164 valence electrons. The number of benzene rings is 2. The number of amides is 1. The molecule has 0 saturated carbocycles. The van der Waals surface area contributed by atoms with Gasteiger partial charge in [-0.2, -0.15) is 10.5 Å². The van der Waals surface area contributed by atoms with Gasteiger partial charge in [-0.05, 0) is 55.7 Å². The summed E-state index contributed by atoms with van der Waals surface area (Å²) in [6.07, 6.45) is 9.70. The number of hydrogen-bond donors (Lipinski definition) is 1. The van der Waals surface area contributed by atoms with Gasteiger partial charge in [-0.1, -0.05) is 56.7 Å². The summed E-state index contributed by atoms with van der Waals surface area (Å²) in [7, 11) is 0. The van der Waals surface area contributed by atoms with Crippen LogP contribution >= 0.6 is 0 Å². The monoisotopic (exact) mass is 426 g/mol. The molecular weight excluding hydrogens is 396 g/mol. The molecule has 0 aromatic heterocycles. The van der Waals surface area contributed by atoms with Crippen molar-refractivity contribution in [2.45, 2.75) is 64.2 Å². The topological polar surface area (TPSA) is 79.9 Å². The van der Waals surface area contributed by atoms with Crippen molar-refractivity contribution in [1.82, 2.24) is 0 Å². The van der Waals surface area contributed by atoms with E-state index >= 15 is 0 Å². The zero-order valence-electron chi connectivity index (χ0n) is 18.5. The number of nitriles is 2. The van der Waals surface area contributed by atoms with Crippen LogP contribution in [0.4, 0.5) is 11.4 Å². The first kappa shape index (κ1) is 23.1. The summed E-state index contributed by atoms with van der Waals surface area (Å²) in [5.74, 6) is 0.502. The van der Waals surface area contributed by atoms with Gasteiger partial charge in [-0.15, -0.1) is 0 Å². The highest BCUT2D eigenvalue weighted by molar-refractivity contribution is 5.97. The predicted octanol–water partition coefficient (Wildman–Crippen LogP) is 6.65. The second kappa shape index (κ2) is 12.3. The van der Waals surface area contributed by atoms with Gasteiger partial charge < -0.3 is 5.32 Å². The first-order chi connectivity index (χ1) is 15.7. The Balaban J connectivity index is 2.04. The second-order valence-electron chi connectivity index (χ2n) is 8.15. The number of anilines is 2. The number of nitrogens with zero attached hydrogens (tertiary/aromatic N) is 3. The Morgan fingerprint density at radius 3 is 1.91 bits per heavy atom. The smallest absolute Gasteiger partial charge is 0.232 e. The minimum atomic E-state index is -0.0165. The van der Waals surface area contributed by atoms with E-state index in [2.05, 4.69) is 17.5 Å². The van der Waals surface area contributed by atoms with Crippen LogP contribution < -0.4 is 10.2 Å². The number of para-hydroxylation sites is 1. The van der Waals surface area contributed by atoms with Crippen molar-refractivity contribution in [3.8, 4) is 12.1 Å². The molecule has 0 bridgehead atoms. The van der Waals surface area contributed by atoms with Crippen molar-refractivity contribution in [3.05, 3.63) is 71.6 Å². The fourth-order valence-corrected chi connectivity index (χ4v) is 3.98. The van der Waals surface area contributed by atoms with Gasteiger partial charge in [0, 0.05) is 12.1 Å². The molecule has 1 N–H and O–H groups in total. The lowest BCUT2D eigenvalue weighted by Gasteiger charge is -2.28. The minimum Gasteiger partial charge on any atom is -0.340 e. The largest absolute Gasteiger partial charge is 0.340 e. The maximum Gasteiger partial charge on any atom is 0.232 e. The first-order valence-corrected chi connectivity index (χ1v) is 11.5. The molecule has 0 atom stereocenters. The second-order valence-corrected chi connectivity index (χ2v) is 8.15. The molecule has 0 saturated heterocycles. The molecule has 0 spiro atoms. The molecule has 0 unspecified atom stereocenters. The van der Waals surface area contributed by atoms with Gasteiger partial charge in [0.05, 0.1) is 29.0 Å². The van der Waals surface area contributed by atoms with Crippen molar-refractivity contribution < 1.29 is 4.79 Å². The molecule has 3 rings (SSSR count). The fourth-order valence-electron chi connectivity index (χ4n) is 3.98. The number of carbonyl (C=O) groups is 1. The van der Waals surface area contributed by atoms with E-state index < -0.39 is 0 Å². The zero-order chi connectivity index (χ0) is 22.6. The van der Waals surface area contributed by atoms with Crippen LogP contribution in [0.25, 0.3) is 0 Å². The third-order valence-corrected chi connectivity index (χ3v) is 5.75. The number of allylic oxidation sites excluding steroid dienone is 1. The Morgan fingerprint density at radius 1 is 0.719 bits per heavy atom. The number of rotatable bonds is 3. The average molecular weight is 427 g/mol. The summed E-state index contributed by atoms with van der Waals surface area (Å²) in [6.45, 7) is 0. The molecule has 1 heterocycles.